The van der Waals surface area contributed by atoms with Gasteiger partial charge in [0, 0.05) is 15.0 Å². The highest BCUT2D eigenvalue weighted by molar-refractivity contribution is 9.11. The number of hydrogen-bond donors (Lipinski definition) is 1. The Morgan fingerprint density at radius 3 is 2.58 bits per heavy atom. The molecule has 0 spiro atoms. The van der Waals surface area contributed by atoms with E-state index in [1.54, 1.807) is 12.1 Å². The topological polar surface area (TPSA) is 46.2 Å². The molecule has 1 aliphatic rings. The molecule has 1 aromatic rings. The first-order valence-corrected chi connectivity index (χ1v) is 9.27. The fourth-order valence-corrected chi connectivity index (χ4v) is 5.42. The maximum absolute atomic E-state index is 12.5. The maximum Gasteiger partial charge on any atom is 0.241 e. The molecule has 3 nitrogen and oxygen atoms in total. The minimum Gasteiger partial charge on any atom is -0.208 e. The highest BCUT2D eigenvalue weighted by atomic mass is 79.9. The van der Waals surface area contributed by atoms with E-state index in [1.807, 2.05) is 6.07 Å². The van der Waals surface area contributed by atoms with E-state index < -0.39 is 10.0 Å². The number of sulfonamides is 1. The van der Waals surface area contributed by atoms with Gasteiger partial charge < -0.3 is 0 Å². The van der Waals surface area contributed by atoms with Crippen LogP contribution in [-0.2, 0) is 10.0 Å². The highest BCUT2D eigenvalue weighted by Gasteiger charge is 2.37. The van der Waals surface area contributed by atoms with Crippen molar-refractivity contribution in [3.05, 3.63) is 27.1 Å². The molecular formula is C13H17Br2NO2S. The van der Waals surface area contributed by atoms with E-state index in [0.717, 1.165) is 23.7 Å². The number of nitrogens with one attached hydrogen (secondary N) is 1. The van der Waals surface area contributed by atoms with E-state index in [9.17, 15) is 8.42 Å². The molecule has 1 saturated carbocycles. The van der Waals surface area contributed by atoms with Gasteiger partial charge >= 0.3 is 0 Å². The Labute approximate surface area is 131 Å². The third-order valence-corrected chi connectivity index (χ3v) is 6.70. The van der Waals surface area contributed by atoms with Crippen LogP contribution in [0.3, 0.4) is 0 Å². The Morgan fingerprint density at radius 2 is 2.00 bits per heavy atom. The van der Waals surface area contributed by atoms with Crippen LogP contribution in [0, 0.1) is 5.41 Å². The number of halogens is 2. The summed E-state index contributed by atoms with van der Waals surface area (Å²) in [6, 6.07) is 5.17. The molecule has 0 saturated heterocycles. The minimum atomic E-state index is -3.49. The fourth-order valence-electron chi connectivity index (χ4n) is 2.48. The van der Waals surface area contributed by atoms with Crippen LogP contribution in [0.5, 0.6) is 0 Å². The second-order valence-corrected chi connectivity index (χ2v) is 9.08. The number of rotatable bonds is 3. The van der Waals surface area contributed by atoms with Crippen molar-refractivity contribution >= 4 is 41.9 Å². The molecule has 0 aliphatic heterocycles. The van der Waals surface area contributed by atoms with Gasteiger partial charge in [-0.15, -0.1) is 0 Å². The summed E-state index contributed by atoms with van der Waals surface area (Å²) in [6.45, 7) is 4.23. The Kier molecular flexibility index (Phi) is 4.45. The second kappa shape index (κ2) is 5.47. The molecule has 1 aromatic carbocycles. The van der Waals surface area contributed by atoms with E-state index in [4.69, 9.17) is 0 Å². The summed E-state index contributed by atoms with van der Waals surface area (Å²) in [5.41, 5.74) is 0.0194. The molecule has 0 heterocycles. The lowest BCUT2D eigenvalue weighted by Gasteiger charge is -2.27. The van der Waals surface area contributed by atoms with Gasteiger partial charge in [0.25, 0.3) is 0 Å². The zero-order valence-corrected chi connectivity index (χ0v) is 14.9. The van der Waals surface area contributed by atoms with Crippen LogP contribution in [0.25, 0.3) is 0 Å². The van der Waals surface area contributed by atoms with Gasteiger partial charge in [0.2, 0.25) is 10.0 Å². The van der Waals surface area contributed by atoms with Crippen molar-refractivity contribution in [1.82, 2.24) is 4.72 Å². The van der Waals surface area contributed by atoms with Crippen molar-refractivity contribution < 1.29 is 8.42 Å². The summed E-state index contributed by atoms with van der Waals surface area (Å²) in [5.74, 6) is 0. The smallest absolute Gasteiger partial charge is 0.208 e. The van der Waals surface area contributed by atoms with Crippen LogP contribution in [-0.4, -0.2) is 14.5 Å². The number of hydrogen-bond acceptors (Lipinski definition) is 2. The highest BCUT2D eigenvalue weighted by Crippen LogP contribution is 2.38. The second-order valence-electron chi connectivity index (χ2n) is 5.63. The quantitative estimate of drug-likeness (QED) is 0.816. The molecule has 0 radical (unpaired) electrons. The lowest BCUT2D eigenvalue weighted by atomic mass is 9.88. The molecule has 0 amide bonds. The summed E-state index contributed by atoms with van der Waals surface area (Å²) in [6.07, 6.45) is 3.03. The van der Waals surface area contributed by atoms with E-state index in [1.165, 1.54) is 0 Å². The molecule has 1 aliphatic carbocycles. The molecule has 1 unspecified atom stereocenters. The predicted octanol–water partition coefficient (Wildman–Crippen LogP) is 4.07. The van der Waals surface area contributed by atoms with E-state index >= 15 is 0 Å². The number of benzene rings is 1. The summed E-state index contributed by atoms with van der Waals surface area (Å²) in [4.78, 5) is 0.282. The van der Waals surface area contributed by atoms with Crippen LogP contribution in [0.2, 0.25) is 0 Å². The van der Waals surface area contributed by atoms with Gasteiger partial charge in [-0.3, -0.25) is 0 Å². The predicted molar refractivity (Wildman–Crippen MR) is 83.6 cm³/mol. The Hall–Kier alpha value is 0.0900. The van der Waals surface area contributed by atoms with E-state index in [2.05, 4.69) is 50.4 Å². The third-order valence-electron chi connectivity index (χ3n) is 3.74. The van der Waals surface area contributed by atoms with E-state index in [-0.39, 0.29) is 16.4 Å². The van der Waals surface area contributed by atoms with Gasteiger partial charge in [0.1, 0.15) is 0 Å². The van der Waals surface area contributed by atoms with Gasteiger partial charge in [-0.1, -0.05) is 36.2 Å². The third kappa shape index (κ3) is 3.40. The summed E-state index contributed by atoms with van der Waals surface area (Å²) >= 11 is 6.62. The van der Waals surface area contributed by atoms with Crippen molar-refractivity contribution in [3.63, 3.8) is 0 Å². The molecule has 1 atom stereocenters. The monoisotopic (exact) mass is 409 g/mol. The molecule has 2 rings (SSSR count). The van der Waals surface area contributed by atoms with Crippen molar-refractivity contribution in [2.45, 2.75) is 44.0 Å². The summed E-state index contributed by atoms with van der Waals surface area (Å²) in [5, 5.41) is 0. The SMILES string of the molecule is CC1(C)CCCC1NS(=O)(=O)c1cc(Br)ccc1Br. The Bertz CT molecular complexity index is 584. The van der Waals surface area contributed by atoms with Crippen molar-refractivity contribution in [3.8, 4) is 0 Å². The normalized spacial score (nSPS) is 22.6. The lowest BCUT2D eigenvalue weighted by molar-refractivity contribution is 0.313. The average molecular weight is 411 g/mol. The summed E-state index contributed by atoms with van der Waals surface area (Å²) in [7, 11) is -3.49. The molecule has 0 aromatic heterocycles. The Balaban J connectivity index is 2.31. The standard InChI is InChI=1S/C13H17Br2NO2S/c1-13(2)7-3-4-12(13)16-19(17,18)11-8-9(14)5-6-10(11)15/h5-6,8,12,16H,3-4,7H2,1-2H3. The van der Waals surface area contributed by atoms with Crippen molar-refractivity contribution in [2.24, 2.45) is 5.41 Å². The zero-order chi connectivity index (χ0) is 14.3. The van der Waals surface area contributed by atoms with Gasteiger partial charge in [-0.2, -0.15) is 0 Å². The molecule has 6 heteroatoms. The first-order chi connectivity index (χ1) is 8.72. The van der Waals surface area contributed by atoms with Crippen molar-refractivity contribution in [1.29, 1.82) is 0 Å². The van der Waals surface area contributed by atoms with Crippen LogP contribution in [0.15, 0.2) is 32.0 Å². The Morgan fingerprint density at radius 1 is 1.32 bits per heavy atom. The van der Waals surface area contributed by atoms with Crippen LogP contribution in [0.1, 0.15) is 33.1 Å². The molecular weight excluding hydrogens is 394 g/mol. The minimum absolute atomic E-state index is 0.00313. The van der Waals surface area contributed by atoms with Crippen LogP contribution < -0.4 is 4.72 Å². The average Bonchev–Trinajstić information content (AvgIpc) is 2.61. The largest absolute Gasteiger partial charge is 0.241 e. The van der Waals surface area contributed by atoms with Gasteiger partial charge in [-0.05, 0) is 52.4 Å². The maximum atomic E-state index is 12.5. The zero-order valence-electron chi connectivity index (χ0n) is 10.9. The lowest BCUT2D eigenvalue weighted by Crippen LogP contribution is -2.41. The van der Waals surface area contributed by atoms with Crippen LogP contribution in [0.4, 0.5) is 0 Å². The van der Waals surface area contributed by atoms with Gasteiger partial charge in [-0.25, -0.2) is 13.1 Å². The first-order valence-electron chi connectivity index (χ1n) is 6.20. The first kappa shape index (κ1) is 15.5. The molecule has 1 fully saturated rings. The van der Waals surface area contributed by atoms with Crippen molar-refractivity contribution in [2.75, 3.05) is 0 Å². The van der Waals surface area contributed by atoms with E-state index in [0.29, 0.717) is 4.47 Å². The molecule has 1 N–H and O–H groups in total. The fraction of sp³-hybridized carbons (Fsp3) is 0.538. The molecule has 19 heavy (non-hydrogen) atoms. The van der Waals surface area contributed by atoms with Gasteiger partial charge in [0.15, 0.2) is 0 Å². The summed E-state index contributed by atoms with van der Waals surface area (Å²) < 4.78 is 29.2. The van der Waals surface area contributed by atoms with Crippen LogP contribution >= 0.6 is 31.9 Å². The molecule has 0 bridgehead atoms. The molecule has 106 valence electrons. The van der Waals surface area contributed by atoms with Gasteiger partial charge in [0.05, 0.1) is 4.90 Å².